The van der Waals surface area contributed by atoms with Crippen LogP contribution in [-0.2, 0) is 6.61 Å². The molecular weight excluding hydrogens is 493 g/mol. The molecule has 8 nitrogen and oxygen atoms in total. The zero-order valence-electron chi connectivity index (χ0n) is 20.5. The molecule has 0 spiro atoms. The van der Waals surface area contributed by atoms with E-state index in [1.807, 2.05) is 54.6 Å². The molecule has 5 heterocycles. The Bertz CT molecular complexity index is 1950. The van der Waals surface area contributed by atoms with E-state index in [1.54, 1.807) is 30.9 Å². The molecular formula is C30H20FN7O. The van der Waals surface area contributed by atoms with Gasteiger partial charge in [0.1, 0.15) is 29.4 Å². The number of rotatable bonds is 6. The van der Waals surface area contributed by atoms with Crippen LogP contribution in [0.2, 0.25) is 0 Å². The number of nitrogens with zero attached hydrogens (tertiary/aromatic N) is 5. The molecule has 0 unspecified atom stereocenters. The molecule has 0 fully saturated rings. The maximum Gasteiger partial charge on any atom is 0.160 e. The molecule has 0 radical (unpaired) electrons. The van der Waals surface area contributed by atoms with Crippen molar-refractivity contribution < 1.29 is 9.13 Å². The second-order valence-electron chi connectivity index (χ2n) is 9.02. The van der Waals surface area contributed by atoms with Gasteiger partial charge in [-0.25, -0.2) is 14.4 Å². The van der Waals surface area contributed by atoms with E-state index in [9.17, 15) is 4.39 Å². The average Bonchev–Trinajstić information content (AvgIpc) is 3.60. The van der Waals surface area contributed by atoms with Gasteiger partial charge >= 0.3 is 0 Å². The first kappa shape index (κ1) is 22.7. The summed E-state index contributed by atoms with van der Waals surface area (Å²) in [6, 6.07) is 22.1. The van der Waals surface area contributed by atoms with Crippen LogP contribution in [0.15, 0.2) is 97.6 Å². The van der Waals surface area contributed by atoms with Gasteiger partial charge in [-0.2, -0.15) is 5.10 Å². The predicted molar refractivity (Wildman–Crippen MR) is 146 cm³/mol. The van der Waals surface area contributed by atoms with Crippen molar-refractivity contribution >= 4 is 22.1 Å². The highest BCUT2D eigenvalue weighted by Gasteiger charge is 2.17. The normalized spacial score (nSPS) is 11.3. The first-order chi connectivity index (χ1) is 19.2. The number of benzene rings is 2. The third kappa shape index (κ3) is 4.36. The molecule has 2 N–H and O–H groups in total. The largest absolute Gasteiger partial charge is 0.487 e. The van der Waals surface area contributed by atoms with Gasteiger partial charge in [-0.3, -0.25) is 15.1 Å². The minimum atomic E-state index is -0.310. The van der Waals surface area contributed by atoms with Crippen LogP contribution in [0.5, 0.6) is 5.75 Å². The molecule has 2 aromatic carbocycles. The van der Waals surface area contributed by atoms with E-state index in [4.69, 9.17) is 9.72 Å². The molecule has 7 aromatic rings. The van der Waals surface area contributed by atoms with Gasteiger partial charge in [0.05, 0.1) is 23.6 Å². The average molecular weight is 514 g/mol. The molecule has 9 heteroatoms. The van der Waals surface area contributed by atoms with Crippen LogP contribution in [-0.4, -0.2) is 35.1 Å². The molecule has 7 rings (SSSR count). The Balaban J connectivity index is 1.24. The van der Waals surface area contributed by atoms with E-state index < -0.39 is 0 Å². The molecule has 0 amide bonds. The first-order valence-corrected chi connectivity index (χ1v) is 12.3. The summed E-state index contributed by atoms with van der Waals surface area (Å²) >= 11 is 0. The van der Waals surface area contributed by atoms with Crippen molar-refractivity contribution in [3.63, 3.8) is 0 Å². The number of imidazole rings is 1. The number of halogens is 1. The Kier molecular flexibility index (Phi) is 5.51. The van der Waals surface area contributed by atoms with Crippen LogP contribution in [0.4, 0.5) is 4.39 Å². The number of H-pyrrole nitrogens is 2. The first-order valence-electron chi connectivity index (χ1n) is 12.3. The van der Waals surface area contributed by atoms with Gasteiger partial charge < -0.3 is 9.72 Å². The number of ether oxygens (including phenoxy) is 1. The molecule has 5 aromatic heterocycles. The van der Waals surface area contributed by atoms with E-state index in [2.05, 4.69) is 30.1 Å². The van der Waals surface area contributed by atoms with Crippen molar-refractivity contribution in [3.05, 3.63) is 109 Å². The maximum atomic E-state index is 13.9. The molecule has 0 aliphatic carbocycles. The maximum absolute atomic E-state index is 13.9. The minimum absolute atomic E-state index is 0.310. The van der Waals surface area contributed by atoms with Crippen molar-refractivity contribution in [3.8, 4) is 39.7 Å². The summed E-state index contributed by atoms with van der Waals surface area (Å²) in [5, 5.41) is 8.37. The Labute approximate surface area is 221 Å². The fourth-order valence-corrected chi connectivity index (χ4v) is 4.55. The minimum Gasteiger partial charge on any atom is -0.487 e. The van der Waals surface area contributed by atoms with Crippen LogP contribution >= 0.6 is 0 Å². The lowest BCUT2D eigenvalue weighted by Gasteiger charge is -2.08. The van der Waals surface area contributed by atoms with Crippen LogP contribution in [0.25, 0.3) is 56.0 Å². The summed E-state index contributed by atoms with van der Waals surface area (Å²) in [4.78, 5) is 21.5. The topological polar surface area (TPSA) is 105 Å². The quantitative estimate of drug-likeness (QED) is 0.269. The Morgan fingerprint density at radius 2 is 1.77 bits per heavy atom. The molecule has 39 heavy (non-hydrogen) atoms. The van der Waals surface area contributed by atoms with Gasteiger partial charge in [0.25, 0.3) is 0 Å². The fraction of sp³-hybridized carbons (Fsp3) is 0.0333. The number of aromatic nitrogens is 7. The number of aromatic amines is 2. The van der Waals surface area contributed by atoms with E-state index in [0.29, 0.717) is 35.0 Å². The van der Waals surface area contributed by atoms with Crippen molar-refractivity contribution in [1.29, 1.82) is 0 Å². The lowest BCUT2D eigenvalue weighted by Crippen LogP contribution is -1.96. The van der Waals surface area contributed by atoms with Gasteiger partial charge in [0.2, 0.25) is 0 Å². The summed E-state index contributed by atoms with van der Waals surface area (Å²) in [5.74, 6) is 0.886. The molecule has 0 saturated heterocycles. The van der Waals surface area contributed by atoms with Gasteiger partial charge in [0, 0.05) is 28.9 Å². The summed E-state index contributed by atoms with van der Waals surface area (Å²) < 4.78 is 19.9. The van der Waals surface area contributed by atoms with E-state index in [1.165, 1.54) is 12.1 Å². The van der Waals surface area contributed by atoms with Crippen molar-refractivity contribution in [2.75, 3.05) is 0 Å². The van der Waals surface area contributed by atoms with Gasteiger partial charge in [-0.1, -0.05) is 42.5 Å². The Hall–Kier alpha value is -5.44. The Morgan fingerprint density at radius 3 is 2.67 bits per heavy atom. The van der Waals surface area contributed by atoms with Crippen molar-refractivity contribution in [1.82, 2.24) is 35.1 Å². The summed E-state index contributed by atoms with van der Waals surface area (Å²) in [5.41, 5.74) is 6.72. The van der Waals surface area contributed by atoms with Crippen LogP contribution < -0.4 is 4.74 Å². The number of nitrogens with one attached hydrogen (secondary N) is 2. The van der Waals surface area contributed by atoms with E-state index in [-0.39, 0.29) is 5.82 Å². The highest BCUT2D eigenvalue weighted by Crippen LogP contribution is 2.32. The number of fused-ring (bicyclic) bond motifs is 2. The summed E-state index contributed by atoms with van der Waals surface area (Å²) in [6.07, 6.45) is 6.85. The third-order valence-corrected chi connectivity index (χ3v) is 6.45. The smallest absolute Gasteiger partial charge is 0.160 e. The van der Waals surface area contributed by atoms with Crippen LogP contribution in [0, 0.1) is 5.82 Å². The Morgan fingerprint density at radius 1 is 0.846 bits per heavy atom. The molecule has 0 aliphatic heterocycles. The highest BCUT2D eigenvalue weighted by atomic mass is 19.1. The second kappa shape index (κ2) is 9.46. The van der Waals surface area contributed by atoms with Gasteiger partial charge in [0.15, 0.2) is 11.5 Å². The van der Waals surface area contributed by atoms with Gasteiger partial charge in [-0.05, 0) is 41.5 Å². The molecule has 0 atom stereocenters. The van der Waals surface area contributed by atoms with Crippen molar-refractivity contribution in [2.24, 2.45) is 0 Å². The molecule has 0 saturated carbocycles. The van der Waals surface area contributed by atoms with Crippen molar-refractivity contribution in [2.45, 2.75) is 6.61 Å². The highest BCUT2D eigenvalue weighted by molar-refractivity contribution is 5.96. The SMILES string of the molecule is Fc1cccc(-c2ccnc3[nH]c(-c4n[nH]c5cnc(-c6cncc(OCc7ccccc7)c6)cc45)nc23)c1. The van der Waals surface area contributed by atoms with Gasteiger partial charge in [-0.15, -0.1) is 0 Å². The fourth-order valence-electron chi connectivity index (χ4n) is 4.55. The van der Waals surface area contributed by atoms with E-state index in [0.717, 1.165) is 38.9 Å². The number of pyridine rings is 3. The third-order valence-electron chi connectivity index (χ3n) is 6.45. The monoisotopic (exact) mass is 513 g/mol. The van der Waals surface area contributed by atoms with Crippen LogP contribution in [0.1, 0.15) is 5.56 Å². The standard InChI is InChI=1S/C30H20FN7O/c31-21-8-4-7-19(11-21)23-9-10-33-29-27(23)35-30(36-29)28-24-13-25(34-16-26(24)37-38-28)20-12-22(15-32-14-20)39-17-18-5-2-1-3-6-18/h1-16H,17H2,(H,37,38)(H,33,35,36). The van der Waals surface area contributed by atoms with Crippen LogP contribution in [0.3, 0.4) is 0 Å². The zero-order valence-corrected chi connectivity index (χ0v) is 20.5. The zero-order chi connectivity index (χ0) is 26.2. The second-order valence-corrected chi connectivity index (χ2v) is 9.02. The number of hydrogen-bond acceptors (Lipinski definition) is 6. The van der Waals surface area contributed by atoms with E-state index >= 15 is 0 Å². The molecule has 0 aliphatic rings. The molecule has 188 valence electrons. The predicted octanol–water partition coefficient (Wildman–Crippen LogP) is 6.34. The summed E-state index contributed by atoms with van der Waals surface area (Å²) in [7, 11) is 0. The summed E-state index contributed by atoms with van der Waals surface area (Å²) in [6.45, 7) is 0.446. The molecule has 0 bridgehead atoms. The number of hydrogen-bond donors (Lipinski definition) is 2. The lowest BCUT2D eigenvalue weighted by atomic mass is 10.1. The lowest BCUT2D eigenvalue weighted by molar-refractivity contribution is 0.305.